The first kappa shape index (κ1) is 14.6. The van der Waals surface area contributed by atoms with Crippen molar-refractivity contribution in [3.8, 4) is 5.75 Å². The van der Waals surface area contributed by atoms with Crippen LogP contribution in [0.2, 0.25) is 0 Å². The molecule has 5 heteroatoms. The van der Waals surface area contributed by atoms with Crippen LogP contribution in [0.3, 0.4) is 0 Å². The van der Waals surface area contributed by atoms with Crippen molar-refractivity contribution in [3.05, 3.63) is 47.3 Å². The fourth-order valence-corrected chi connectivity index (χ4v) is 3.16. The number of hydrogen-bond donors (Lipinski definition) is 1. The molecule has 22 heavy (non-hydrogen) atoms. The molecule has 1 N–H and O–H groups in total. The Morgan fingerprint density at radius 1 is 1.36 bits per heavy atom. The molecule has 1 saturated heterocycles. The molecule has 0 radical (unpaired) electrons. The lowest BCUT2D eigenvalue weighted by Crippen LogP contribution is -2.34. The van der Waals surface area contributed by atoms with E-state index in [4.69, 9.17) is 4.74 Å². The number of likely N-dealkylation sites (tertiary alicyclic amines) is 1. The van der Waals surface area contributed by atoms with E-state index in [1.807, 2.05) is 49.1 Å². The fraction of sp³-hybridized carbons (Fsp3) is 0.412. The highest BCUT2D eigenvalue weighted by molar-refractivity contribution is 5.78. The van der Waals surface area contributed by atoms with Crippen molar-refractivity contribution >= 4 is 5.91 Å². The molecule has 1 aromatic heterocycles. The van der Waals surface area contributed by atoms with E-state index in [1.54, 1.807) is 0 Å². The maximum absolute atomic E-state index is 12.5. The highest BCUT2D eigenvalue weighted by atomic mass is 16.5. The Morgan fingerprint density at radius 2 is 2.14 bits per heavy atom. The monoisotopic (exact) mass is 299 g/mol. The number of rotatable bonds is 4. The second kappa shape index (κ2) is 6.22. The zero-order valence-electron chi connectivity index (χ0n) is 13.0. The number of aryl methyl sites for hydroxylation is 2. The minimum absolute atomic E-state index is 0.0337. The van der Waals surface area contributed by atoms with Gasteiger partial charge in [0.25, 0.3) is 5.91 Å². The van der Waals surface area contributed by atoms with Gasteiger partial charge in [-0.05, 0) is 38.8 Å². The average molecular weight is 299 g/mol. The van der Waals surface area contributed by atoms with E-state index in [0.717, 1.165) is 42.1 Å². The van der Waals surface area contributed by atoms with Crippen LogP contribution in [0.15, 0.2) is 30.3 Å². The number of para-hydroxylation sites is 1. The molecule has 1 atom stereocenters. The van der Waals surface area contributed by atoms with Crippen LogP contribution in [0.5, 0.6) is 5.75 Å². The maximum Gasteiger partial charge on any atom is 0.261 e. The summed E-state index contributed by atoms with van der Waals surface area (Å²) in [6.45, 7) is 4.86. The molecule has 0 aliphatic carbocycles. The van der Waals surface area contributed by atoms with Crippen LogP contribution in [-0.4, -0.2) is 34.2 Å². The first-order valence-corrected chi connectivity index (χ1v) is 7.65. The van der Waals surface area contributed by atoms with Gasteiger partial charge in [-0.15, -0.1) is 0 Å². The summed E-state index contributed by atoms with van der Waals surface area (Å²) in [5.41, 5.74) is 3.18. The molecule has 1 aliphatic heterocycles. The molecule has 0 bridgehead atoms. The smallest absolute Gasteiger partial charge is 0.261 e. The normalized spacial score (nSPS) is 17.7. The number of nitrogens with one attached hydrogen (secondary N) is 1. The number of benzene rings is 1. The summed E-state index contributed by atoms with van der Waals surface area (Å²) in [4.78, 5) is 14.4. The average Bonchev–Trinajstić information content (AvgIpc) is 3.12. The first-order valence-electron chi connectivity index (χ1n) is 7.65. The Labute approximate surface area is 130 Å². The molecule has 0 spiro atoms. The van der Waals surface area contributed by atoms with Gasteiger partial charge in [0, 0.05) is 17.8 Å². The number of carbonyl (C=O) groups excluding carboxylic acids is 1. The Balaban J connectivity index is 1.69. The number of H-pyrrole nitrogens is 1. The summed E-state index contributed by atoms with van der Waals surface area (Å²) in [5, 5.41) is 7.27. The van der Waals surface area contributed by atoms with E-state index in [-0.39, 0.29) is 18.6 Å². The van der Waals surface area contributed by atoms with Gasteiger partial charge in [0.05, 0.1) is 11.7 Å². The number of aromatic amines is 1. The Bertz CT molecular complexity index is 632. The van der Waals surface area contributed by atoms with Crippen LogP contribution in [0, 0.1) is 13.8 Å². The maximum atomic E-state index is 12.5. The molecule has 1 unspecified atom stereocenters. The van der Waals surface area contributed by atoms with Gasteiger partial charge in [0.2, 0.25) is 0 Å². The third kappa shape index (κ3) is 2.84. The zero-order chi connectivity index (χ0) is 15.5. The fourth-order valence-electron chi connectivity index (χ4n) is 3.16. The summed E-state index contributed by atoms with van der Waals surface area (Å²) in [7, 11) is 0. The molecular formula is C17H21N3O2. The predicted octanol–water partition coefficient (Wildman–Crippen LogP) is 2.77. The lowest BCUT2D eigenvalue weighted by molar-refractivity contribution is -0.134. The van der Waals surface area contributed by atoms with Crippen LogP contribution in [0.1, 0.15) is 35.8 Å². The molecule has 2 aromatic rings. The Hall–Kier alpha value is -2.30. The standard InChI is InChI=1S/C17H21N3O2/c1-12-17(13(2)19-18-12)15-9-6-10-20(15)16(21)11-22-14-7-4-3-5-8-14/h3-5,7-8,15H,6,9-11H2,1-2H3,(H,18,19). The van der Waals surface area contributed by atoms with E-state index < -0.39 is 0 Å². The number of hydrogen-bond acceptors (Lipinski definition) is 3. The van der Waals surface area contributed by atoms with Gasteiger partial charge in [0.15, 0.2) is 6.61 Å². The lowest BCUT2D eigenvalue weighted by atomic mass is 10.0. The number of nitrogens with zero attached hydrogens (tertiary/aromatic N) is 2. The molecule has 1 aromatic carbocycles. The number of carbonyl (C=O) groups is 1. The van der Waals surface area contributed by atoms with Gasteiger partial charge < -0.3 is 9.64 Å². The molecule has 2 heterocycles. The molecule has 1 amide bonds. The summed E-state index contributed by atoms with van der Waals surface area (Å²) in [6, 6.07) is 9.56. The lowest BCUT2D eigenvalue weighted by Gasteiger charge is -2.25. The van der Waals surface area contributed by atoms with Crippen molar-refractivity contribution in [2.24, 2.45) is 0 Å². The first-order chi connectivity index (χ1) is 10.7. The van der Waals surface area contributed by atoms with Gasteiger partial charge >= 0.3 is 0 Å². The third-order valence-electron chi connectivity index (χ3n) is 4.20. The number of aromatic nitrogens is 2. The van der Waals surface area contributed by atoms with Gasteiger partial charge in [-0.25, -0.2) is 0 Å². The van der Waals surface area contributed by atoms with E-state index in [9.17, 15) is 4.79 Å². The van der Waals surface area contributed by atoms with Gasteiger partial charge in [0.1, 0.15) is 5.75 Å². The quantitative estimate of drug-likeness (QED) is 0.944. The van der Waals surface area contributed by atoms with Crippen molar-refractivity contribution in [2.75, 3.05) is 13.2 Å². The van der Waals surface area contributed by atoms with E-state index >= 15 is 0 Å². The molecule has 5 nitrogen and oxygen atoms in total. The predicted molar refractivity (Wildman–Crippen MR) is 83.7 cm³/mol. The van der Waals surface area contributed by atoms with E-state index in [1.165, 1.54) is 0 Å². The van der Waals surface area contributed by atoms with Gasteiger partial charge in [-0.3, -0.25) is 9.89 Å². The number of amides is 1. The van der Waals surface area contributed by atoms with Crippen LogP contribution >= 0.6 is 0 Å². The summed E-state index contributed by atoms with van der Waals surface area (Å²) in [5.74, 6) is 0.758. The van der Waals surface area contributed by atoms with Crippen LogP contribution < -0.4 is 4.74 Å². The Kier molecular flexibility index (Phi) is 4.13. The largest absolute Gasteiger partial charge is 0.484 e. The van der Waals surface area contributed by atoms with E-state index in [0.29, 0.717) is 0 Å². The van der Waals surface area contributed by atoms with Crippen molar-refractivity contribution in [1.82, 2.24) is 15.1 Å². The minimum Gasteiger partial charge on any atom is -0.484 e. The SMILES string of the molecule is Cc1n[nH]c(C)c1C1CCCN1C(=O)COc1ccccc1. The Morgan fingerprint density at radius 3 is 2.82 bits per heavy atom. The highest BCUT2D eigenvalue weighted by Crippen LogP contribution is 2.34. The summed E-state index contributed by atoms with van der Waals surface area (Å²) in [6.07, 6.45) is 2.00. The van der Waals surface area contributed by atoms with Crippen LogP contribution in [0.25, 0.3) is 0 Å². The highest BCUT2D eigenvalue weighted by Gasteiger charge is 2.32. The molecule has 1 aliphatic rings. The minimum atomic E-state index is 0.0337. The molecular weight excluding hydrogens is 278 g/mol. The van der Waals surface area contributed by atoms with Crippen molar-refractivity contribution in [2.45, 2.75) is 32.7 Å². The van der Waals surface area contributed by atoms with Crippen LogP contribution in [0.4, 0.5) is 0 Å². The summed E-state index contributed by atoms with van der Waals surface area (Å²) < 4.78 is 5.59. The van der Waals surface area contributed by atoms with Crippen molar-refractivity contribution in [1.29, 1.82) is 0 Å². The molecule has 3 rings (SSSR count). The van der Waals surface area contributed by atoms with Gasteiger partial charge in [-0.1, -0.05) is 18.2 Å². The van der Waals surface area contributed by atoms with Gasteiger partial charge in [-0.2, -0.15) is 5.10 Å². The summed E-state index contributed by atoms with van der Waals surface area (Å²) >= 11 is 0. The van der Waals surface area contributed by atoms with Crippen molar-refractivity contribution < 1.29 is 9.53 Å². The second-order valence-corrected chi connectivity index (χ2v) is 5.69. The third-order valence-corrected chi connectivity index (χ3v) is 4.20. The number of ether oxygens (including phenoxy) is 1. The second-order valence-electron chi connectivity index (χ2n) is 5.69. The van der Waals surface area contributed by atoms with E-state index in [2.05, 4.69) is 10.2 Å². The molecule has 116 valence electrons. The van der Waals surface area contributed by atoms with Crippen LogP contribution in [-0.2, 0) is 4.79 Å². The van der Waals surface area contributed by atoms with Crippen molar-refractivity contribution in [3.63, 3.8) is 0 Å². The zero-order valence-corrected chi connectivity index (χ0v) is 13.0. The molecule has 1 fully saturated rings. The molecule has 0 saturated carbocycles. The topological polar surface area (TPSA) is 58.2 Å².